The van der Waals surface area contributed by atoms with E-state index in [9.17, 15) is 4.39 Å². The summed E-state index contributed by atoms with van der Waals surface area (Å²) in [5.41, 5.74) is 5.75. The highest BCUT2D eigenvalue weighted by molar-refractivity contribution is 7.99. The average Bonchev–Trinajstić information content (AvgIpc) is 3.11. The molecule has 0 atom stereocenters. The molecule has 0 aliphatic rings. The normalized spacial score (nSPS) is 11.2. The minimum absolute atomic E-state index is 0.164. The van der Waals surface area contributed by atoms with Crippen molar-refractivity contribution in [2.45, 2.75) is 29.1 Å². The molecule has 0 spiro atoms. The Morgan fingerprint density at radius 2 is 1.82 bits per heavy atom. The number of thioether (sulfide) groups is 2. The molecule has 28 heavy (non-hydrogen) atoms. The van der Waals surface area contributed by atoms with Crippen LogP contribution in [0.25, 0.3) is 11.0 Å². The van der Waals surface area contributed by atoms with Crippen molar-refractivity contribution >= 4 is 34.6 Å². The summed E-state index contributed by atoms with van der Waals surface area (Å²) in [4.78, 5) is 9.31. The zero-order chi connectivity index (χ0) is 19.3. The van der Waals surface area contributed by atoms with E-state index >= 15 is 0 Å². The number of hydrogen-bond acceptors (Lipinski definition) is 3. The van der Waals surface area contributed by atoms with Gasteiger partial charge in [-0.1, -0.05) is 48.2 Å². The molecule has 1 aromatic heterocycles. The molecule has 0 saturated carbocycles. The Morgan fingerprint density at radius 1 is 0.964 bits per heavy atom. The smallest absolute Gasteiger partial charge is 0.166 e. The fourth-order valence-electron chi connectivity index (χ4n) is 3.09. The summed E-state index contributed by atoms with van der Waals surface area (Å²) in [5, 5.41) is 0.949. The quantitative estimate of drug-likeness (QED) is 0.348. The lowest BCUT2D eigenvalue weighted by atomic mass is 10.1. The van der Waals surface area contributed by atoms with Gasteiger partial charge in [0.1, 0.15) is 5.82 Å². The largest absolute Gasteiger partial charge is 0.333 e. The summed E-state index contributed by atoms with van der Waals surface area (Å²) in [6.45, 7) is 2.18. The van der Waals surface area contributed by atoms with Crippen LogP contribution in [0.3, 0.4) is 0 Å². The molecule has 0 bridgehead atoms. The number of imidazole rings is 1. The zero-order valence-electron chi connectivity index (χ0n) is 15.6. The number of aryl methyl sites for hydroxylation is 1. The van der Waals surface area contributed by atoms with E-state index < -0.39 is 0 Å². The van der Waals surface area contributed by atoms with Gasteiger partial charge in [0.05, 0.1) is 11.0 Å². The Morgan fingerprint density at radius 3 is 2.68 bits per heavy atom. The molecule has 3 aromatic carbocycles. The van der Waals surface area contributed by atoms with Gasteiger partial charge in [-0.2, -0.15) is 0 Å². The van der Waals surface area contributed by atoms with Crippen molar-refractivity contribution in [3.63, 3.8) is 0 Å². The van der Waals surface area contributed by atoms with Gasteiger partial charge in [-0.05, 0) is 60.4 Å². The highest BCUT2D eigenvalue weighted by atomic mass is 32.2. The van der Waals surface area contributed by atoms with Crippen LogP contribution in [-0.2, 0) is 12.2 Å². The van der Waals surface area contributed by atoms with Gasteiger partial charge in [0, 0.05) is 16.4 Å². The lowest BCUT2D eigenvalue weighted by Gasteiger charge is -2.10. The second-order valence-corrected chi connectivity index (χ2v) is 8.72. The maximum atomic E-state index is 13.3. The number of H-pyrrole nitrogens is 1. The molecule has 0 aliphatic carbocycles. The summed E-state index contributed by atoms with van der Waals surface area (Å²) < 4.78 is 13.3. The molecule has 0 amide bonds. The molecule has 4 aromatic rings. The Hall–Kier alpha value is -2.24. The van der Waals surface area contributed by atoms with E-state index in [1.165, 1.54) is 22.1 Å². The molecule has 0 fully saturated rings. The van der Waals surface area contributed by atoms with Crippen molar-refractivity contribution in [2.24, 2.45) is 0 Å². The third kappa shape index (κ3) is 4.59. The van der Waals surface area contributed by atoms with Gasteiger partial charge >= 0.3 is 0 Å². The summed E-state index contributed by atoms with van der Waals surface area (Å²) in [6, 6.07) is 21.4. The molecule has 142 valence electrons. The average molecular weight is 409 g/mol. The van der Waals surface area contributed by atoms with E-state index in [1.54, 1.807) is 23.9 Å². The highest BCUT2D eigenvalue weighted by Crippen LogP contribution is 2.30. The summed E-state index contributed by atoms with van der Waals surface area (Å²) in [5.74, 6) is 1.65. The number of aromatic amines is 1. The molecule has 2 nitrogen and oxygen atoms in total. The number of halogens is 1. The van der Waals surface area contributed by atoms with E-state index in [0.29, 0.717) is 0 Å². The molecule has 0 saturated heterocycles. The number of rotatable bonds is 7. The van der Waals surface area contributed by atoms with Crippen LogP contribution in [0.1, 0.15) is 16.7 Å². The Labute approximate surface area is 173 Å². The second kappa shape index (κ2) is 8.84. The first-order valence-corrected chi connectivity index (χ1v) is 11.2. The van der Waals surface area contributed by atoms with Crippen molar-refractivity contribution in [3.8, 4) is 0 Å². The zero-order valence-corrected chi connectivity index (χ0v) is 17.2. The molecule has 1 N–H and O–H groups in total. The highest BCUT2D eigenvalue weighted by Gasteiger charge is 2.08. The van der Waals surface area contributed by atoms with Crippen molar-refractivity contribution in [3.05, 3.63) is 89.2 Å². The van der Waals surface area contributed by atoms with Gasteiger partial charge in [0.15, 0.2) is 5.16 Å². The van der Waals surface area contributed by atoms with Crippen LogP contribution in [0.2, 0.25) is 0 Å². The summed E-state index contributed by atoms with van der Waals surface area (Å²) in [6.07, 6.45) is 0.861. The minimum atomic E-state index is -0.164. The molecule has 1 heterocycles. The lowest BCUT2D eigenvalue weighted by Crippen LogP contribution is -1.93. The Balaban J connectivity index is 1.38. The maximum Gasteiger partial charge on any atom is 0.166 e. The van der Waals surface area contributed by atoms with E-state index in [1.807, 2.05) is 42.1 Å². The van der Waals surface area contributed by atoms with Crippen molar-refractivity contribution in [2.75, 3.05) is 5.75 Å². The Kier molecular flexibility index (Phi) is 6.03. The number of benzene rings is 3. The van der Waals surface area contributed by atoms with Crippen molar-refractivity contribution < 1.29 is 4.39 Å². The lowest BCUT2D eigenvalue weighted by molar-refractivity contribution is 0.626. The summed E-state index contributed by atoms with van der Waals surface area (Å²) in [7, 11) is 0. The first-order chi connectivity index (χ1) is 13.7. The van der Waals surface area contributed by atoms with Gasteiger partial charge in [-0.15, -0.1) is 11.8 Å². The standard InChI is InChI=1S/C23H21FN2S2/c1-16-18(15-28-23-25-20-9-2-3-10-21(20)26-23)7-5-11-22(16)27-13-12-17-6-4-8-19(24)14-17/h2-11,14H,12-13,15H2,1H3,(H,25,26). The molecular formula is C23H21FN2S2. The number of nitrogens with one attached hydrogen (secondary N) is 1. The fraction of sp³-hybridized carbons (Fsp3) is 0.174. The van der Waals surface area contributed by atoms with Crippen LogP contribution in [0.4, 0.5) is 4.39 Å². The van der Waals surface area contributed by atoms with Crippen molar-refractivity contribution in [1.29, 1.82) is 0 Å². The van der Waals surface area contributed by atoms with E-state index in [0.717, 1.165) is 39.7 Å². The van der Waals surface area contributed by atoms with Gasteiger partial charge < -0.3 is 4.98 Å². The van der Waals surface area contributed by atoms with Crippen LogP contribution < -0.4 is 0 Å². The monoisotopic (exact) mass is 408 g/mol. The van der Waals surface area contributed by atoms with E-state index in [2.05, 4.69) is 35.1 Å². The van der Waals surface area contributed by atoms with Gasteiger partial charge in [0.2, 0.25) is 0 Å². The van der Waals surface area contributed by atoms with Crippen LogP contribution in [0.15, 0.2) is 76.8 Å². The van der Waals surface area contributed by atoms with Crippen molar-refractivity contribution in [1.82, 2.24) is 9.97 Å². The van der Waals surface area contributed by atoms with Gasteiger partial charge in [0.25, 0.3) is 0 Å². The number of para-hydroxylation sites is 2. The first kappa shape index (κ1) is 19.1. The van der Waals surface area contributed by atoms with Crippen LogP contribution in [-0.4, -0.2) is 15.7 Å². The van der Waals surface area contributed by atoms with E-state index in [4.69, 9.17) is 0 Å². The molecular weight excluding hydrogens is 387 g/mol. The fourth-order valence-corrected chi connectivity index (χ4v) is 5.12. The number of nitrogens with zero attached hydrogens (tertiary/aromatic N) is 1. The second-order valence-electron chi connectivity index (χ2n) is 6.62. The van der Waals surface area contributed by atoms with E-state index in [-0.39, 0.29) is 5.82 Å². The third-order valence-corrected chi connectivity index (χ3v) is 6.75. The molecule has 0 aliphatic heterocycles. The predicted molar refractivity (Wildman–Crippen MR) is 118 cm³/mol. The molecule has 0 radical (unpaired) electrons. The SMILES string of the molecule is Cc1c(CSc2nc3ccccc3[nH]2)cccc1SCCc1cccc(F)c1. The minimum Gasteiger partial charge on any atom is -0.333 e. The van der Waals surface area contributed by atoms with Gasteiger partial charge in [-0.3, -0.25) is 0 Å². The van der Waals surface area contributed by atoms with Crippen LogP contribution in [0.5, 0.6) is 0 Å². The molecule has 5 heteroatoms. The molecule has 0 unspecified atom stereocenters. The van der Waals surface area contributed by atoms with Gasteiger partial charge in [-0.25, -0.2) is 9.37 Å². The topological polar surface area (TPSA) is 28.7 Å². The number of fused-ring (bicyclic) bond motifs is 1. The number of hydrogen-bond donors (Lipinski definition) is 1. The number of aromatic nitrogens is 2. The van der Waals surface area contributed by atoms with Crippen LogP contribution >= 0.6 is 23.5 Å². The summed E-state index contributed by atoms with van der Waals surface area (Å²) >= 11 is 3.56. The first-order valence-electron chi connectivity index (χ1n) is 9.22. The molecule has 4 rings (SSSR count). The van der Waals surface area contributed by atoms with Crippen LogP contribution in [0, 0.1) is 12.7 Å². The third-order valence-electron chi connectivity index (χ3n) is 4.67. The predicted octanol–water partition coefficient (Wildman–Crippen LogP) is 6.64. The maximum absolute atomic E-state index is 13.3. The Bertz CT molecular complexity index is 1060.